The Bertz CT molecular complexity index is 479. The lowest BCUT2D eigenvalue weighted by Gasteiger charge is -2.47. The zero-order valence-electron chi connectivity index (χ0n) is 12.3. The minimum Gasteiger partial charge on any atom is -0.393 e. The zero-order valence-corrected chi connectivity index (χ0v) is 12.3. The van der Waals surface area contributed by atoms with Crippen LogP contribution in [0.15, 0.2) is 0 Å². The average Bonchev–Trinajstić information content (AvgIpc) is 2.42. The van der Waals surface area contributed by atoms with Crippen molar-refractivity contribution < 1.29 is 39.6 Å². The summed E-state index contributed by atoms with van der Waals surface area (Å²) in [6.07, 6.45) is -0.472. The minimum absolute atomic E-state index is 0.472. The van der Waals surface area contributed by atoms with Gasteiger partial charge in [-0.05, 0) is 20.3 Å². The van der Waals surface area contributed by atoms with Gasteiger partial charge in [-0.3, -0.25) is 19.2 Å². The van der Waals surface area contributed by atoms with E-state index < -0.39 is 53.0 Å². The molecule has 4 N–H and O–H groups in total. The van der Waals surface area contributed by atoms with Gasteiger partial charge >= 0.3 is 0 Å². The summed E-state index contributed by atoms with van der Waals surface area (Å²) in [4.78, 5) is 46.7. The van der Waals surface area contributed by atoms with Crippen LogP contribution in [0, 0.1) is 0 Å². The van der Waals surface area contributed by atoms with Crippen LogP contribution >= 0.6 is 0 Å². The lowest BCUT2D eigenvalue weighted by molar-refractivity contribution is -0.236. The Hall–Kier alpha value is -1.48. The first-order valence-electron chi connectivity index (χ1n) is 6.22. The first-order valence-corrected chi connectivity index (χ1v) is 6.22. The fraction of sp³-hybridized carbons (Fsp3) is 0.692. The van der Waals surface area contributed by atoms with Gasteiger partial charge in [0.15, 0.2) is 23.0 Å². The molecule has 0 fully saturated rings. The van der Waals surface area contributed by atoms with Crippen LogP contribution < -0.4 is 0 Å². The molecule has 0 aliphatic heterocycles. The summed E-state index contributed by atoms with van der Waals surface area (Å²) < 4.78 is 0. The average molecular weight is 304 g/mol. The van der Waals surface area contributed by atoms with Crippen molar-refractivity contribution in [3.8, 4) is 0 Å². The normalized spacial score (nSPS) is 19.8. The first kappa shape index (κ1) is 19.5. The number of aliphatic hydroxyl groups is 4. The highest BCUT2D eigenvalue weighted by atomic mass is 16.4. The molecule has 0 spiro atoms. The number of rotatable bonds is 8. The SMILES string of the molecule is CC[C@@](O)(CO)[C@@](O)(C(C)=O)[C@](O)(C(C)=O)C(=O)C(C)=O. The molecular formula is C13H20O8. The number of hydrogen-bond donors (Lipinski definition) is 4. The van der Waals surface area contributed by atoms with Crippen LogP contribution in [0.5, 0.6) is 0 Å². The molecule has 0 bridgehead atoms. The molecule has 8 nitrogen and oxygen atoms in total. The van der Waals surface area contributed by atoms with E-state index in [1.165, 1.54) is 6.92 Å². The molecule has 8 heteroatoms. The Morgan fingerprint density at radius 3 is 1.52 bits per heavy atom. The molecule has 3 atom stereocenters. The number of carbonyl (C=O) groups is 4. The van der Waals surface area contributed by atoms with Gasteiger partial charge in [0, 0.05) is 6.92 Å². The molecule has 120 valence electrons. The predicted octanol–water partition coefficient (Wildman–Crippen LogP) is -2.08. The van der Waals surface area contributed by atoms with E-state index in [4.69, 9.17) is 0 Å². The molecule has 0 aliphatic carbocycles. The first-order chi connectivity index (χ1) is 9.36. The van der Waals surface area contributed by atoms with Gasteiger partial charge in [-0.2, -0.15) is 0 Å². The summed E-state index contributed by atoms with van der Waals surface area (Å²) in [7, 11) is 0. The number of ketones is 4. The predicted molar refractivity (Wildman–Crippen MR) is 69.3 cm³/mol. The maximum atomic E-state index is 11.9. The monoisotopic (exact) mass is 304 g/mol. The summed E-state index contributed by atoms with van der Waals surface area (Å²) in [6, 6.07) is 0. The maximum absolute atomic E-state index is 11.9. The fourth-order valence-electron chi connectivity index (χ4n) is 2.23. The van der Waals surface area contributed by atoms with Gasteiger partial charge in [0.1, 0.15) is 5.60 Å². The minimum atomic E-state index is -3.49. The molecule has 21 heavy (non-hydrogen) atoms. The van der Waals surface area contributed by atoms with Gasteiger partial charge < -0.3 is 20.4 Å². The van der Waals surface area contributed by atoms with Gasteiger partial charge in [0.05, 0.1) is 6.61 Å². The number of aliphatic hydroxyl groups excluding tert-OH is 1. The van der Waals surface area contributed by atoms with Gasteiger partial charge in [-0.25, -0.2) is 0 Å². The number of Topliss-reactive ketones (excluding diaryl/α,β-unsaturated/α-hetero) is 4. The lowest BCUT2D eigenvalue weighted by atomic mass is 9.64. The molecule has 0 aromatic heterocycles. The van der Waals surface area contributed by atoms with E-state index in [-0.39, 0.29) is 0 Å². The topological polar surface area (TPSA) is 149 Å². The van der Waals surface area contributed by atoms with Crippen LogP contribution in [0.4, 0.5) is 0 Å². The quantitative estimate of drug-likeness (QED) is 0.295. The molecular weight excluding hydrogens is 284 g/mol. The Kier molecular flexibility index (Phi) is 5.67. The van der Waals surface area contributed by atoms with Crippen LogP contribution in [0.3, 0.4) is 0 Å². The second-order valence-corrected chi connectivity index (χ2v) is 4.96. The summed E-state index contributed by atoms with van der Waals surface area (Å²) in [5.41, 5.74) is -9.54. The smallest absolute Gasteiger partial charge is 0.240 e. The van der Waals surface area contributed by atoms with Crippen molar-refractivity contribution in [2.75, 3.05) is 6.61 Å². The molecule has 0 heterocycles. The molecule has 0 saturated heterocycles. The van der Waals surface area contributed by atoms with E-state index in [1.54, 1.807) is 0 Å². The molecule has 0 unspecified atom stereocenters. The van der Waals surface area contributed by atoms with E-state index in [9.17, 15) is 39.6 Å². The summed E-state index contributed by atoms with van der Waals surface area (Å²) in [5, 5.41) is 40.4. The van der Waals surface area contributed by atoms with Crippen molar-refractivity contribution in [1.82, 2.24) is 0 Å². The Morgan fingerprint density at radius 1 is 0.905 bits per heavy atom. The van der Waals surface area contributed by atoms with E-state index in [1.807, 2.05) is 0 Å². The number of carbonyl (C=O) groups excluding carboxylic acids is 4. The summed E-state index contributed by atoms with van der Waals surface area (Å²) >= 11 is 0. The third-order valence-electron chi connectivity index (χ3n) is 3.71. The second kappa shape index (κ2) is 6.10. The van der Waals surface area contributed by atoms with Crippen LogP contribution in [0.25, 0.3) is 0 Å². The standard InChI is InChI=1S/C13H20O8/c1-5-11(19,6-14)13(21,9(4)17)12(20,8(3)16)10(18)7(2)15/h14,19-21H,5-6H2,1-4H3/t11-,12+,13+/m1/s1. The Labute approximate surface area is 121 Å². The molecule has 0 aliphatic rings. The molecule has 0 amide bonds. The van der Waals surface area contributed by atoms with Crippen molar-refractivity contribution >= 4 is 23.1 Å². The van der Waals surface area contributed by atoms with Crippen molar-refractivity contribution in [3.05, 3.63) is 0 Å². The van der Waals surface area contributed by atoms with Crippen LogP contribution in [-0.2, 0) is 19.2 Å². The lowest BCUT2D eigenvalue weighted by Crippen LogP contribution is -2.78. The van der Waals surface area contributed by atoms with E-state index in [0.717, 1.165) is 13.8 Å². The van der Waals surface area contributed by atoms with Gasteiger partial charge in [0.2, 0.25) is 11.4 Å². The Balaban J connectivity index is 6.65. The third kappa shape index (κ3) is 2.55. The molecule has 0 radical (unpaired) electrons. The highest BCUT2D eigenvalue weighted by Crippen LogP contribution is 2.38. The number of hydrogen-bond acceptors (Lipinski definition) is 8. The molecule has 0 rings (SSSR count). The van der Waals surface area contributed by atoms with E-state index >= 15 is 0 Å². The van der Waals surface area contributed by atoms with Crippen LogP contribution in [0.2, 0.25) is 0 Å². The van der Waals surface area contributed by atoms with Crippen LogP contribution in [-0.4, -0.2) is 67.0 Å². The summed E-state index contributed by atoms with van der Waals surface area (Å²) in [5.74, 6) is -5.77. The highest BCUT2D eigenvalue weighted by Gasteiger charge is 2.70. The van der Waals surface area contributed by atoms with Crippen molar-refractivity contribution in [2.45, 2.75) is 50.9 Å². The third-order valence-corrected chi connectivity index (χ3v) is 3.71. The fourth-order valence-corrected chi connectivity index (χ4v) is 2.23. The van der Waals surface area contributed by atoms with Crippen molar-refractivity contribution in [2.24, 2.45) is 0 Å². The van der Waals surface area contributed by atoms with Gasteiger partial charge in [-0.15, -0.1) is 0 Å². The van der Waals surface area contributed by atoms with Crippen LogP contribution in [0.1, 0.15) is 34.1 Å². The zero-order chi connectivity index (χ0) is 17.2. The second-order valence-electron chi connectivity index (χ2n) is 4.96. The molecule has 0 aromatic rings. The maximum Gasteiger partial charge on any atom is 0.240 e. The largest absolute Gasteiger partial charge is 0.393 e. The van der Waals surface area contributed by atoms with Gasteiger partial charge in [0.25, 0.3) is 0 Å². The van der Waals surface area contributed by atoms with Gasteiger partial charge in [-0.1, -0.05) is 6.92 Å². The van der Waals surface area contributed by atoms with E-state index in [0.29, 0.717) is 6.92 Å². The van der Waals surface area contributed by atoms with Crippen molar-refractivity contribution in [3.63, 3.8) is 0 Å². The van der Waals surface area contributed by atoms with E-state index in [2.05, 4.69) is 0 Å². The molecule has 0 saturated carbocycles. The van der Waals surface area contributed by atoms with Crippen molar-refractivity contribution in [1.29, 1.82) is 0 Å². The molecule has 0 aromatic carbocycles. The summed E-state index contributed by atoms with van der Waals surface area (Å²) in [6.45, 7) is 2.17. The Morgan fingerprint density at radius 2 is 1.33 bits per heavy atom. The highest BCUT2D eigenvalue weighted by molar-refractivity contribution is 6.45.